The lowest BCUT2D eigenvalue weighted by molar-refractivity contribution is 0.225. The van der Waals surface area contributed by atoms with Crippen LogP contribution in [0.25, 0.3) is 0 Å². The molecule has 7 unspecified atom stereocenters. The van der Waals surface area contributed by atoms with E-state index in [2.05, 4.69) is 34.6 Å². The zero-order valence-corrected chi connectivity index (χ0v) is 14.0. The normalized spacial score (nSPS) is 44.5. The third kappa shape index (κ3) is 3.07. The molecule has 3 aliphatic rings. The second-order valence-corrected chi connectivity index (χ2v) is 9.33. The van der Waals surface area contributed by atoms with Crippen molar-refractivity contribution in [1.29, 1.82) is 0 Å². The highest BCUT2D eigenvalue weighted by atomic mass is 19.1. The fourth-order valence-electron chi connectivity index (χ4n) is 5.01. The molecule has 0 aromatic heterocycles. The molecule has 3 aliphatic carbocycles. The quantitative estimate of drug-likeness (QED) is 0.560. The second kappa shape index (κ2) is 4.99. The first-order valence-corrected chi connectivity index (χ1v) is 8.93. The molecule has 20 heavy (non-hydrogen) atoms. The van der Waals surface area contributed by atoms with Crippen LogP contribution in [-0.4, -0.2) is 6.17 Å². The van der Waals surface area contributed by atoms with Crippen molar-refractivity contribution in [2.75, 3.05) is 0 Å². The van der Waals surface area contributed by atoms with Crippen molar-refractivity contribution in [2.24, 2.45) is 46.8 Å². The molecule has 0 N–H and O–H groups in total. The smallest absolute Gasteiger partial charge is 0.104 e. The highest BCUT2D eigenvalue weighted by Gasteiger charge is 2.53. The van der Waals surface area contributed by atoms with Crippen LogP contribution in [0.3, 0.4) is 0 Å². The van der Waals surface area contributed by atoms with Crippen LogP contribution in [0.15, 0.2) is 0 Å². The molecule has 0 aromatic rings. The Morgan fingerprint density at radius 3 is 2.10 bits per heavy atom. The molecule has 0 radical (unpaired) electrons. The number of hydrogen-bond donors (Lipinski definition) is 0. The van der Waals surface area contributed by atoms with Crippen molar-refractivity contribution in [1.82, 2.24) is 0 Å². The van der Waals surface area contributed by atoms with Gasteiger partial charge in [-0.2, -0.15) is 0 Å². The molecule has 0 saturated heterocycles. The minimum Gasteiger partial charge on any atom is -0.247 e. The predicted molar refractivity (Wildman–Crippen MR) is 83.2 cm³/mol. The van der Waals surface area contributed by atoms with Crippen molar-refractivity contribution < 1.29 is 4.39 Å². The van der Waals surface area contributed by atoms with Crippen LogP contribution in [0, 0.1) is 46.8 Å². The molecular formula is C19H33F. The van der Waals surface area contributed by atoms with Crippen LogP contribution in [0.1, 0.15) is 66.7 Å². The van der Waals surface area contributed by atoms with E-state index in [4.69, 9.17) is 0 Å². The molecule has 3 rings (SSSR count). The van der Waals surface area contributed by atoms with E-state index >= 15 is 0 Å². The van der Waals surface area contributed by atoms with Crippen molar-refractivity contribution in [3.63, 3.8) is 0 Å². The number of hydrogen-bond acceptors (Lipinski definition) is 0. The van der Waals surface area contributed by atoms with Gasteiger partial charge in [0, 0.05) is 0 Å². The first-order valence-electron chi connectivity index (χ1n) is 8.93. The molecule has 0 aliphatic heterocycles. The molecule has 0 heterocycles. The molecule has 0 amide bonds. The maximum Gasteiger partial charge on any atom is 0.104 e. The van der Waals surface area contributed by atoms with Gasteiger partial charge in [0.15, 0.2) is 0 Å². The monoisotopic (exact) mass is 280 g/mol. The highest BCUT2D eigenvalue weighted by molar-refractivity contribution is 5.02. The van der Waals surface area contributed by atoms with E-state index in [9.17, 15) is 4.39 Å². The van der Waals surface area contributed by atoms with Gasteiger partial charge in [0.2, 0.25) is 0 Å². The van der Waals surface area contributed by atoms with E-state index in [0.717, 1.165) is 41.9 Å². The molecule has 116 valence electrons. The summed E-state index contributed by atoms with van der Waals surface area (Å²) in [4.78, 5) is 0. The summed E-state index contributed by atoms with van der Waals surface area (Å²) in [5.41, 5.74) is 0.249. The molecule has 0 spiro atoms. The van der Waals surface area contributed by atoms with Gasteiger partial charge >= 0.3 is 0 Å². The third-order valence-electron chi connectivity index (χ3n) is 6.72. The van der Waals surface area contributed by atoms with Crippen LogP contribution in [0.5, 0.6) is 0 Å². The molecule has 7 atom stereocenters. The summed E-state index contributed by atoms with van der Waals surface area (Å²) in [5, 5.41) is 0. The predicted octanol–water partition coefficient (Wildman–Crippen LogP) is 5.72. The molecular weight excluding hydrogens is 247 g/mol. The summed E-state index contributed by atoms with van der Waals surface area (Å²) >= 11 is 0. The average molecular weight is 280 g/mol. The van der Waals surface area contributed by atoms with Gasteiger partial charge in [-0.05, 0) is 78.9 Å². The lowest BCUT2D eigenvalue weighted by Gasteiger charge is -2.25. The van der Waals surface area contributed by atoms with Crippen LogP contribution < -0.4 is 0 Å². The van der Waals surface area contributed by atoms with Crippen molar-refractivity contribution in [3.05, 3.63) is 0 Å². The van der Waals surface area contributed by atoms with Gasteiger partial charge in [-0.3, -0.25) is 0 Å². The van der Waals surface area contributed by atoms with Gasteiger partial charge in [-0.15, -0.1) is 0 Å². The SMILES string of the molecule is CC(C)C1CC1CC(C)C1CC1CC(C)(C)C1CC1F. The maximum atomic E-state index is 13.3. The Bertz CT molecular complexity index is 359. The van der Waals surface area contributed by atoms with Crippen molar-refractivity contribution >= 4 is 0 Å². The van der Waals surface area contributed by atoms with Gasteiger partial charge in [-0.1, -0.05) is 34.6 Å². The van der Waals surface area contributed by atoms with Crippen LogP contribution in [-0.2, 0) is 0 Å². The summed E-state index contributed by atoms with van der Waals surface area (Å²) in [6, 6.07) is 0. The van der Waals surface area contributed by atoms with E-state index in [-0.39, 0.29) is 5.41 Å². The van der Waals surface area contributed by atoms with Crippen LogP contribution in [0.2, 0.25) is 0 Å². The topological polar surface area (TPSA) is 0 Å². The van der Waals surface area contributed by atoms with Crippen LogP contribution in [0.4, 0.5) is 4.39 Å². The van der Waals surface area contributed by atoms with E-state index in [1.165, 1.54) is 25.7 Å². The summed E-state index contributed by atoms with van der Waals surface area (Å²) in [6.07, 6.45) is 5.98. The largest absolute Gasteiger partial charge is 0.247 e. The standard InChI is InChI=1S/C19H33F/c1-11(2)15-7-13(15)6-12(3)16-8-14(16)10-19(4,5)17-9-18(17)20/h11-18H,6-10H2,1-5H3. The Balaban J connectivity index is 1.40. The molecule has 3 saturated carbocycles. The lowest BCUT2D eigenvalue weighted by Crippen LogP contribution is -2.17. The number of alkyl halides is 1. The van der Waals surface area contributed by atoms with Crippen molar-refractivity contribution in [3.8, 4) is 0 Å². The van der Waals surface area contributed by atoms with Gasteiger partial charge in [-0.25, -0.2) is 4.39 Å². The Labute approximate surface area is 124 Å². The summed E-state index contributed by atoms with van der Waals surface area (Å²) in [7, 11) is 0. The number of rotatable bonds is 7. The van der Waals surface area contributed by atoms with Crippen molar-refractivity contribution in [2.45, 2.75) is 72.9 Å². The Morgan fingerprint density at radius 2 is 1.60 bits per heavy atom. The third-order valence-corrected chi connectivity index (χ3v) is 6.72. The summed E-state index contributed by atoms with van der Waals surface area (Å²) in [6.45, 7) is 11.8. The Kier molecular flexibility index (Phi) is 3.70. The fourth-order valence-corrected chi connectivity index (χ4v) is 5.01. The molecule has 3 fully saturated rings. The van der Waals surface area contributed by atoms with Gasteiger partial charge in [0.05, 0.1) is 0 Å². The zero-order chi connectivity index (χ0) is 14.7. The van der Waals surface area contributed by atoms with Gasteiger partial charge in [0.1, 0.15) is 6.17 Å². The Morgan fingerprint density at radius 1 is 1.00 bits per heavy atom. The average Bonchev–Trinajstić information content (AvgIpc) is 3.12. The Hall–Kier alpha value is -0.0700. The highest BCUT2D eigenvalue weighted by Crippen LogP contribution is 2.59. The first-order chi connectivity index (χ1) is 9.29. The minimum absolute atomic E-state index is 0.249. The molecule has 0 bridgehead atoms. The lowest BCUT2D eigenvalue weighted by atomic mass is 9.80. The van der Waals surface area contributed by atoms with Gasteiger partial charge in [0.25, 0.3) is 0 Å². The number of halogens is 1. The minimum atomic E-state index is -0.488. The summed E-state index contributed by atoms with van der Waals surface area (Å²) in [5.74, 6) is 6.07. The first kappa shape index (κ1) is 14.9. The fraction of sp³-hybridized carbons (Fsp3) is 1.00. The van der Waals surface area contributed by atoms with Gasteiger partial charge < -0.3 is 0 Å². The maximum absolute atomic E-state index is 13.3. The molecule has 0 aromatic carbocycles. The summed E-state index contributed by atoms with van der Waals surface area (Å²) < 4.78 is 13.3. The molecule has 0 nitrogen and oxygen atoms in total. The second-order valence-electron chi connectivity index (χ2n) is 9.33. The van der Waals surface area contributed by atoms with E-state index in [1.54, 1.807) is 0 Å². The van der Waals surface area contributed by atoms with E-state index in [0.29, 0.717) is 5.92 Å². The molecule has 1 heteroatoms. The van der Waals surface area contributed by atoms with Crippen LogP contribution >= 0.6 is 0 Å². The van der Waals surface area contributed by atoms with E-state index < -0.39 is 6.17 Å². The van der Waals surface area contributed by atoms with E-state index in [1.807, 2.05) is 0 Å². The zero-order valence-electron chi connectivity index (χ0n) is 14.0.